The highest BCUT2D eigenvalue weighted by Gasteiger charge is 2.27. The second-order valence-electron chi connectivity index (χ2n) is 6.54. The van der Waals surface area contributed by atoms with Crippen LogP contribution in [0.3, 0.4) is 0 Å². The van der Waals surface area contributed by atoms with Crippen molar-refractivity contribution in [2.45, 2.75) is 19.1 Å². The van der Waals surface area contributed by atoms with Crippen molar-refractivity contribution in [1.29, 1.82) is 0 Å². The number of aliphatic imine (C=N–C) groups is 1. The number of nitrogens with zero attached hydrogens (tertiary/aromatic N) is 2. The van der Waals surface area contributed by atoms with Crippen LogP contribution >= 0.6 is 11.6 Å². The largest absolute Gasteiger partial charge is 0.370 e. The van der Waals surface area contributed by atoms with E-state index in [2.05, 4.69) is 46.3 Å². The molecule has 2 aliphatic rings. The number of halogens is 1. The van der Waals surface area contributed by atoms with Crippen molar-refractivity contribution in [2.75, 3.05) is 19.7 Å². The summed E-state index contributed by atoms with van der Waals surface area (Å²) >= 11 is 6.11. The monoisotopic (exact) mass is 352 g/mol. The Labute approximate surface area is 153 Å². The molecule has 25 heavy (non-hydrogen) atoms. The zero-order valence-corrected chi connectivity index (χ0v) is 14.8. The molecule has 0 aromatic heterocycles. The Bertz CT molecular complexity index is 801. The van der Waals surface area contributed by atoms with Crippen LogP contribution in [-0.2, 0) is 11.3 Å². The van der Waals surface area contributed by atoms with E-state index in [0.717, 1.165) is 49.0 Å². The fraction of sp³-hybridized carbons (Fsp3) is 0.286. The van der Waals surface area contributed by atoms with E-state index < -0.39 is 0 Å². The Morgan fingerprint density at radius 1 is 1.12 bits per heavy atom. The highest BCUT2D eigenvalue weighted by molar-refractivity contribution is 6.30. The summed E-state index contributed by atoms with van der Waals surface area (Å²) in [5, 5.41) is 0.759. The maximum Gasteiger partial charge on any atom is 0.109 e. The second-order valence-corrected chi connectivity index (χ2v) is 6.98. The van der Waals surface area contributed by atoms with Gasteiger partial charge in [0.25, 0.3) is 0 Å². The molecule has 128 valence electrons. The molecule has 3 nitrogen and oxygen atoms in total. The van der Waals surface area contributed by atoms with Crippen LogP contribution in [0.15, 0.2) is 65.8 Å². The van der Waals surface area contributed by atoms with Crippen molar-refractivity contribution in [1.82, 2.24) is 4.90 Å². The second kappa shape index (κ2) is 7.52. The average molecular weight is 353 g/mol. The Kier molecular flexibility index (Phi) is 4.97. The summed E-state index contributed by atoms with van der Waals surface area (Å²) in [6.07, 6.45) is 2.87. The topological polar surface area (TPSA) is 24.8 Å². The minimum absolute atomic E-state index is 0.0744. The molecule has 0 radical (unpaired) electrons. The van der Waals surface area contributed by atoms with E-state index >= 15 is 0 Å². The molecule has 0 N–H and O–H groups in total. The third kappa shape index (κ3) is 4.01. The molecule has 0 bridgehead atoms. The molecule has 0 spiro atoms. The summed E-state index contributed by atoms with van der Waals surface area (Å²) in [5.41, 5.74) is 4.81. The summed E-state index contributed by atoms with van der Waals surface area (Å²) in [7, 11) is 0. The van der Waals surface area contributed by atoms with Crippen molar-refractivity contribution < 1.29 is 4.74 Å². The van der Waals surface area contributed by atoms with Crippen LogP contribution < -0.4 is 0 Å². The lowest BCUT2D eigenvalue weighted by Crippen LogP contribution is -2.45. The minimum atomic E-state index is 0.0744. The Balaban J connectivity index is 1.38. The van der Waals surface area contributed by atoms with Gasteiger partial charge in [-0.3, -0.25) is 9.89 Å². The molecule has 0 aliphatic carbocycles. The molecular weight excluding hydrogens is 332 g/mol. The molecule has 1 unspecified atom stereocenters. The molecule has 1 atom stereocenters. The molecule has 4 heteroatoms. The number of rotatable bonds is 4. The number of allylic oxidation sites excluding steroid dienone is 1. The van der Waals surface area contributed by atoms with Gasteiger partial charge in [-0.25, -0.2) is 0 Å². The maximum absolute atomic E-state index is 6.11. The lowest BCUT2D eigenvalue weighted by atomic mass is 10.00. The molecule has 2 aromatic rings. The first-order chi connectivity index (χ1) is 12.3. The lowest BCUT2D eigenvalue weighted by molar-refractivity contribution is 0.00282. The molecule has 2 aromatic carbocycles. The van der Waals surface area contributed by atoms with Crippen LogP contribution in [0.25, 0.3) is 5.57 Å². The molecule has 1 fully saturated rings. The first-order valence-corrected chi connectivity index (χ1v) is 9.05. The number of hydrogen-bond acceptors (Lipinski definition) is 3. The minimum Gasteiger partial charge on any atom is -0.370 e. The van der Waals surface area contributed by atoms with Gasteiger partial charge in [-0.2, -0.15) is 0 Å². The fourth-order valence-electron chi connectivity index (χ4n) is 3.40. The van der Waals surface area contributed by atoms with Gasteiger partial charge in [-0.15, -0.1) is 0 Å². The van der Waals surface area contributed by atoms with Crippen molar-refractivity contribution in [3.63, 3.8) is 0 Å². The highest BCUT2D eigenvalue weighted by Crippen LogP contribution is 2.28. The summed E-state index contributed by atoms with van der Waals surface area (Å²) < 4.78 is 6.01. The van der Waals surface area contributed by atoms with Crippen LogP contribution in [0, 0.1) is 0 Å². The Morgan fingerprint density at radius 3 is 2.84 bits per heavy atom. The molecule has 0 amide bonds. The predicted octanol–water partition coefficient (Wildman–Crippen LogP) is 4.43. The quantitative estimate of drug-likeness (QED) is 0.813. The Hall–Kier alpha value is -1.94. The van der Waals surface area contributed by atoms with Crippen molar-refractivity contribution in [3.05, 3.63) is 76.9 Å². The first kappa shape index (κ1) is 16.5. The third-order valence-electron chi connectivity index (χ3n) is 4.72. The number of morpholine rings is 1. The van der Waals surface area contributed by atoms with Crippen molar-refractivity contribution in [3.8, 4) is 0 Å². The van der Waals surface area contributed by atoms with E-state index in [4.69, 9.17) is 16.3 Å². The predicted molar refractivity (Wildman–Crippen MR) is 103 cm³/mol. The van der Waals surface area contributed by atoms with Gasteiger partial charge >= 0.3 is 0 Å². The van der Waals surface area contributed by atoms with Gasteiger partial charge in [-0.1, -0.05) is 54.1 Å². The summed E-state index contributed by atoms with van der Waals surface area (Å²) in [5.74, 6) is 0. The smallest absolute Gasteiger partial charge is 0.109 e. The standard InChI is InChI=1S/C21H21ClN2O/c22-19-8-4-7-17(11-19)18-12-20(23-13-18)21-15-24(9-10-25-21)14-16-5-2-1-3-6-16/h1-8,11,13,21H,9-10,12,14-15H2. The molecule has 4 rings (SSSR count). The molecule has 2 heterocycles. The van der Waals surface area contributed by atoms with Crippen LogP contribution in [-0.4, -0.2) is 36.4 Å². The molecule has 0 saturated carbocycles. The van der Waals surface area contributed by atoms with Gasteiger partial charge in [-0.05, 0) is 28.8 Å². The summed E-state index contributed by atoms with van der Waals surface area (Å²) in [6.45, 7) is 3.57. The zero-order valence-electron chi connectivity index (χ0n) is 14.1. The van der Waals surface area contributed by atoms with E-state index in [1.165, 1.54) is 11.1 Å². The SMILES string of the molecule is Clc1cccc(C2=CN=C(C3CN(Cc4ccccc4)CCO3)C2)c1. The summed E-state index contributed by atoms with van der Waals surface area (Å²) in [4.78, 5) is 7.10. The van der Waals surface area contributed by atoms with E-state index in [1.807, 2.05) is 24.4 Å². The van der Waals surface area contributed by atoms with E-state index in [-0.39, 0.29) is 6.10 Å². The molecule has 1 saturated heterocycles. The molecular formula is C21H21ClN2O. The zero-order chi connectivity index (χ0) is 17.1. The van der Waals surface area contributed by atoms with E-state index in [9.17, 15) is 0 Å². The van der Waals surface area contributed by atoms with E-state index in [0.29, 0.717) is 0 Å². The normalized spacial score (nSPS) is 21.1. The van der Waals surface area contributed by atoms with Gasteiger partial charge in [0, 0.05) is 37.3 Å². The van der Waals surface area contributed by atoms with Crippen molar-refractivity contribution >= 4 is 22.9 Å². The number of ether oxygens (including phenoxy) is 1. The van der Waals surface area contributed by atoms with Crippen LogP contribution in [0.2, 0.25) is 5.02 Å². The summed E-state index contributed by atoms with van der Waals surface area (Å²) in [6, 6.07) is 18.6. The van der Waals surface area contributed by atoms with Crippen LogP contribution in [0.4, 0.5) is 0 Å². The fourth-order valence-corrected chi connectivity index (χ4v) is 3.59. The van der Waals surface area contributed by atoms with Gasteiger partial charge in [0.05, 0.1) is 12.3 Å². The van der Waals surface area contributed by atoms with Crippen LogP contribution in [0.5, 0.6) is 0 Å². The first-order valence-electron chi connectivity index (χ1n) is 8.67. The van der Waals surface area contributed by atoms with E-state index in [1.54, 1.807) is 0 Å². The van der Waals surface area contributed by atoms with Crippen molar-refractivity contribution in [2.24, 2.45) is 4.99 Å². The average Bonchev–Trinajstić information content (AvgIpc) is 3.13. The number of benzene rings is 2. The lowest BCUT2D eigenvalue weighted by Gasteiger charge is -2.33. The number of hydrogen-bond donors (Lipinski definition) is 0. The van der Waals surface area contributed by atoms with Gasteiger partial charge in [0.1, 0.15) is 6.10 Å². The van der Waals surface area contributed by atoms with Gasteiger partial charge in [0.15, 0.2) is 0 Å². The third-order valence-corrected chi connectivity index (χ3v) is 4.96. The molecule has 2 aliphatic heterocycles. The Morgan fingerprint density at radius 2 is 2.00 bits per heavy atom. The van der Waals surface area contributed by atoms with Gasteiger partial charge in [0.2, 0.25) is 0 Å². The van der Waals surface area contributed by atoms with Crippen LogP contribution in [0.1, 0.15) is 17.5 Å². The highest BCUT2D eigenvalue weighted by atomic mass is 35.5. The maximum atomic E-state index is 6.11. The van der Waals surface area contributed by atoms with Gasteiger partial charge < -0.3 is 4.74 Å².